The van der Waals surface area contributed by atoms with E-state index >= 15 is 0 Å². The number of anilines is 2. The molecule has 0 aliphatic carbocycles. The molecule has 0 bridgehead atoms. The van der Waals surface area contributed by atoms with Crippen LogP contribution in [-0.4, -0.2) is 17.9 Å². The largest absolute Gasteiger partial charge is 0.489 e. The lowest BCUT2D eigenvalue weighted by atomic mass is 10.00. The van der Waals surface area contributed by atoms with E-state index in [0.717, 1.165) is 9.13 Å². The molecule has 138 valence electrons. The molecule has 0 fully saturated rings. The number of aryl methyl sites for hydroxylation is 2. The third-order valence-corrected chi connectivity index (χ3v) is 4.62. The zero-order valence-corrected chi connectivity index (χ0v) is 16.9. The van der Waals surface area contributed by atoms with Crippen molar-refractivity contribution in [3.63, 3.8) is 0 Å². The van der Waals surface area contributed by atoms with Gasteiger partial charge in [0.2, 0.25) is 5.75 Å². The molecule has 0 radical (unpaired) electrons. The van der Waals surface area contributed by atoms with E-state index in [4.69, 9.17) is 10.5 Å². The molecule has 0 aliphatic rings. The Hall–Kier alpha value is -2.36. The van der Waals surface area contributed by atoms with Crippen LogP contribution in [0.2, 0.25) is 0 Å². The standard InChI is InChI=1S/C18H20IN3O4/c1-4-5-11-9-13(18(20)23)15(17(26-3)16(11)22(24)25)21-14-7-6-12(19)8-10(14)2/h6-9,21H,4-5H2,1-3H3,(H2,20,23). The quantitative estimate of drug-likeness (QED) is 0.357. The lowest BCUT2D eigenvalue weighted by molar-refractivity contribution is -0.386. The number of nitrogens with two attached hydrogens (primary N) is 1. The van der Waals surface area contributed by atoms with E-state index in [1.54, 1.807) is 0 Å². The second-order valence-corrected chi connectivity index (χ2v) is 7.04. The molecule has 2 rings (SSSR count). The van der Waals surface area contributed by atoms with Gasteiger partial charge in [-0.15, -0.1) is 0 Å². The molecule has 0 aliphatic heterocycles. The Morgan fingerprint density at radius 3 is 2.58 bits per heavy atom. The van der Waals surface area contributed by atoms with Gasteiger partial charge in [-0.2, -0.15) is 0 Å². The molecule has 0 heterocycles. The maximum absolute atomic E-state index is 12.0. The Labute approximate surface area is 165 Å². The maximum Gasteiger partial charge on any atom is 0.316 e. The lowest BCUT2D eigenvalue weighted by Crippen LogP contribution is -2.16. The molecule has 0 atom stereocenters. The summed E-state index contributed by atoms with van der Waals surface area (Å²) in [7, 11) is 1.34. The van der Waals surface area contributed by atoms with Crippen molar-refractivity contribution in [1.82, 2.24) is 0 Å². The average Bonchev–Trinajstić information content (AvgIpc) is 2.57. The number of carbonyl (C=O) groups is 1. The van der Waals surface area contributed by atoms with Gasteiger partial charge in [-0.25, -0.2) is 0 Å². The van der Waals surface area contributed by atoms with Crippen LogP contribution < -0.4 is 15.8 Å². The van der Waals surface area contributed by atoms with Crippen LogP contribution >= 0.6 is 22.6 Å². The van der Waals surface area contributed by atoms with Crippen LogP contribution in [0.3, 0.4) is 0 Å². The summed E-state index contributed by atoms with van der Waals surface area (Å²) in [5.41, 5.74) is 7.82. The van der Waals surface area contributed by atoms with Crippen LogP contribution in [-0.2, 0) is 6.42 Å². The summed E-state index contributed by atoms with van der Waals surface area (Å²) in [6.07, 6.45) is 1.13. The Morgan fingerprint density at radius 2 is 2.08 bits per heavy atom. The maximum atomic E-state index is 12.0. The first kappa shape index (κ1) is 20.0. The van der Waals surface area contributed by atoms with Crippen molar-refractivity contribution in [1.29, 1.82) is 0 Å². The van der Waals surface area contributed by atoms with E-state index in [-0.39, 0.29) is 22.7 Å². The first-order valence-electron chi connectivity index (χ1n) is 8.01. The predicted octanol–water partition coefficient (Wildman–Crippen LogP) is 4.31. The molecule has 3 N–H and O–H groups in total. The summed E-state index contributed by atoms with van der Waals surface area (Å²) >= 11 is 2.20. The molecule has 7 nitrogen and oxygen atoms in total. The van der Waals surface area contributed by atoms with E-state index in [0.29, 0.717) is 24.1 Å². The highest BCUT2D eigenvalue weighted by molar-refractivity contribution is 14.1. The fourth-order valence-corrected chi connectivity index (χ4v) is 3.43. The highest BCUT2D eigenvalue weighted by Gasteiger charge is 2.29. The van der Waals surface area contributed by atoms with E-state index in [9.17, 15) is 14.9 Å². The molecular formula is C18H20IN3O4. The normalized spacial score (nSPS) is 10.5. The Morgan fingerprint density at radius 1 is 1.38 bits per heavy atom. The fraction of sp³-hybridized carbons (Fsp3) is 0.278. The molecule has 0 unspecified atom stereocenters. The van der Waals surface area contributed by atoms with Gasteiger partial charge in [0.1, 0.15) is 5.69 Å². The van der Waals surface area contributed by atoms with Crippen LogP contribution in [0.15, 0.2) is 24.3 Å². The molecule has 0 saturated heterocycles. The molecular weight excluding hydrogens is 449 g/mol. The number of nitrogens with one attached hydrogen (secondary N) is 1. The smallest absolute Gasteiger partial charge is 0.316 e. The van der Waals surface area contributed by atoms with Crippen molar-refractivity contribution in [2.75, 3.05) is 12.4 Å². The van der Waals surface area contributed by atoms with Crippen molar-refractivity contribution in [2.45, 2.75) is 26.7 Å². The van der Waals surface area contributed by atoms with Crippen molar-refractivity contribution in [3.05, 3.63) is 54.6 Å². The van der Waals surface area contributed by atoms with E-state index in [2.05, 4.69) is 27.9 Å². The summed E-state index contributed by atoms with van der Waals surface area (Å²) in [6, 6.07) is 7.18. The number of hydrogen-bond donors (Lipinski definition) is 2. The number of primary amides is 1. The summed E-state index contributed by atoms with van der Waals surface area (Å²) in [4.78, 5) is 23.2. The van der Waals surface area contributed by atoms with Gasteiger partial charge in [-0.3, -0.25) is 14.9 Å². The van der Waals surface area contributed by atoms with Crippen LogP contribution in [0.25, 0.3) is 0 Å². The number of nitrogens with zero attached hydrogens (tertiary/aromatic N) is 1. The molecule has 2 aromatic rings. The number of halogens is 1. The minimum absolute atomic E-state index is 0.00713. The number of rotatable bonds is 7. The summed E-state index contributed by atoms with van der Waals surface area (Å²) in [5, 5.41) is 14.8. The van der Waals surface area contributed by atoms with Gasteiger partial charge >= 0.3 is 5.69 Å². The van der Waals surface area contributed by atoms with Crippen molar-refractivity contribution in [2.24, 2.45) is 5.73 Å². The second kappa shape index (κ2) is 8.35. The number of amides is 1. The minimum atomic E-state index is -0.679. The molecule has 8 heteroatoms. The molecule has 0 spiro atoms. The Balaban J connectivity index is 2.74. The number of nitro groups is 1. The van der Waals surface area contributed by atoms with Gasteiger partial charge < -0.3 is 15.8 Å². The zero-order chi connectivity index (χ0) is 19.4. The third kappa shape index (κ3) is 4.06. The molecule has 2 aromatic carbocycles. The topological polar surface area (TPSA) is 107 Å². The van der Waals surface area contributed by atoms with Crippen LogP contribution in [0, 0.1) is 20.6 Å². The number of carbonyl (C=O) groups excluding carboxylic acids is 1. The lowest BCUT2D eigenvalue weighted by Gasteiger charge is -2.18. The van der Waals surface area contributed by atoms with Crippen LogP contribution in [0.5, 0.6) is 5.75 Å². The summed E-state index contributed by atoms with van der Waals surface area (Å²) in [6.45, 7) is 3.81. The first-order valence-corrected chi connectivity index (χ1v) is 9.09. The molecule has 0 saturated carbocycles. The number of nitro benzene ring substituents is 1. The number of ether oxygens (including phenoxy) is 1. The predicted molar refractivity (Wildman–Crippen MR) is 109 cm³/mol. The molecule has 26 heavy (non-hydrogen) atoms. The van der Waals surface area contributed by atoms with E-state index in [1.165, 1.54) is 13.2 Å². The highest BCUT2D eigenvalue weighted by Crippen LogP contribution is 2.43. The zero-order valence-electron chi connectivity index (χ0n) is 14.8. The molecule has 0 aromatic heterocycles. The number of benzene rings is 2. The van der Waals surface area contributed by atoms with Crippen LogP contribution in [0.4, 0.5) is 17.1 Å². The Kier molecular flexibility index (Phi) is 6.41. The van der Waals surface area contributed by atoms with Gasteiger partial charge in [0, 0.05) is 14.8 Å². The van der Waals surface area contributed by atoms with Crippen molar-refractivity contribution in [3.8, 4) is 5.75 Å². The van der Waals surface area contributed by atoms with E-state index < -0.39 is 10.8 Å². The Bertz CT molecular complexity index is 868. The summed E-state index contributed by atoms with van der Waals surface area (Å²) in [5.74, 6) is -0.672. The van der Waals surface area contributed by atoms with Gasteiger partial charge in [0.05, 0.1) is 17.6 Å². The van der Waals surface area contributed by atoms with Gasteiger partial charge in [-0.05, 0) is 65.8 Å². The van der Waals surface area contributed by atoms with Crippen molar-refractivity contribution >= 4 is 45.6 Å². The van der Waals surface area contributed by atoms with Crippen LogP contribution in [0.1, 0.15) is 34.8 Å². The second-order valence-electron chi connectivity index (χ2n) is 5.80. The van der Waals surface area contributed by atoms with Gasteiger partial charge in [0.25, 0.3) is 5.91 Å². The van der Waals surface area contributed by atoms with Gasteiger partial charge in [0.15, 0.2) is 0 Å². The SMILES string of the molecule is CCCc1cc(C(N)=O)c(Nc2ccc(I)cc2C)c(OC)c1[N+](=O)[O-]. The minimum Gasteiger partial charge on any atom is -0.489 e. The molecule has 1 amide bonds. The summed E-state index contributed by atoms with van der Waals surface area (Å²) < 4.78 is 6.39. The number of methoxy groups -OCH3 is 1. The monoisotopic (exact) mass is 469 g/mol. The number of hydrogen-bond acceptors (Lipinski definition) is 5. The highest BCUT2D eigenvalue weighted by atomic mass is 127. The van der Waals surface area contributed by atoms with Gasteiger partial charge in [-0.1, -0.05) is 13.3 Å². The van der Waals surface area contributed by atoms with Crippen molar-refractivity contribution < 1.29 is 14.5 Å². The third-order valence-electron chi connectivity index (χ3n) is 3.95. The average molecular weight is 469 g/mol. The fourth-order valence-electron chi connectivity index (χ4n) is 2.78. The first-order chi connectivity index (χ1) is 12.3. The van der Waals surface area contributed by atoms with E-state index in [1.807, 2.05) is 32.0 Å².